The van der Waals surface area contributed by atoms with Gasteiger partial charge in [-0.3, -0.25) is 4.79 Å². The van der Waals surface area contributed by atoms with Crippen LogP contribution in [0.5, 0.6) is 5.75 Å². The Balaban J connectivity index is 2.30. The fourth-order valence-corrected chi connectivity index (χ4v) is 2.14. The van der Waals surface area contributed by atoms with E-state index in [1.807, 2.05) is 6.92 Å². The molecule has 0 saturated heterocycles. The molecule has 1 atom stereocenters. The predicted octanol–water partition coefficient (Wildman–Crippen LogP) is 1.77. The Morgan fingerprint density at radius 1 is 1.55 bits per heavy atom. The van der Waals surface area contributed by atoms with Crippen molar-refractivity contribution in [3.63, 3.8) is 0 Å². The van der Waals surface area contributed by atoms with Gasteiger partial charge < -0.3 is 21.0 Å². The van der Waals surface area contributed by atoms with Crippen molar-refractivity contribution in [2.45, 2.75) is 19.8 Å². The normalized spacial score (nSPS) is 16.6. The van der Waals surface area contributed by atoms with Crippen LogP contribution < -0.4 is 15.8 Å². The van der Waals surface area contributed by atoms with E-state index in [9.17, 15) is 4.79 Å². The second-order valence-electron chi connectivity index (χ2n) is 4.98. The Kier molecular flexibility index (Phi) is 4.12. The maximum absolute atomic E-state index is 12.2. The van der Waals surface area contributed by atoms with Crippen LogP contribution in [0, 0.1) is 11.8 Å². The molecule has 1 unspecified atom stereocenters. The molecule has 1 aliphatic rings. The van der Waals surface area contributed by atoms with Crippen molar-refractivity contribution in [1.82, 2.24) is 0 Å². The maximum atomic E-state index is 12.2. The highest BCUT2D eigenvalue weighted by Crippen LogP contribution is 2.38. The molecule has 1 saturated carbocycles. The maximum Gasteiger partial charge on any atom is 0.227 e. The summed E-state index contributed by atoms with van der Waals surface area (Å²) in [6, 6.07) is 5.09. The van der Waals surface area contributed by atoms with Crippen molar-refractivity contribution in [3.05, 3.63) is 23.8 Å². The third-order valence-electron chi connectivity index (χ3n) is 3.62. The van der Waals surface area contributed by atoms with Gasteiger partial charge in [0.2, 0.25) is 5.91 Å². The number of nitrogens with two attached hydrogens (primary N) is 1. The van der Waals surface area contributed by atoms with E-state index < -0.39 is 0 Å². The molecule has 0 bridgehead atoms. The minimum atomic E-state index is -0.0796. The molecule has 4 N–H and O–H groups in total. The van der Waals surface area contributed by atoms with Gasteiger partial charge in [-0.25, -0.2) is 0 Å². The van der Waals surface area contributed by atoms with Crippen molar-refractivity contribution in [2.75, 3.05) is 12.4 Å². The van der Waals surface area contributed by atoms with E-state index in [2.05, 4.69) is 10.5 Å². The summed E-state index contributed by atoms with van der Waals surface area (Å²) in [6.07, 6.45) is 2.18. The molecular weight excluding hydrogens is 258 g/mol. The van der Waals surface area contributed by atoms with Gasteiger partial charge in [0.1, 0.15) is 5.75 Å². The minimum Gasteiger partial charge on any atom is -0.495 e. The van der Waals surface area contributed by atoms with Crippen LogP contribution in [-0.2, 0) is 4.79 Å². The molecule has 1 aromatic rings. The molecule has 108 valence electrons. The zero-order chi connectivity index (χ0) is 14.7. The fraction of sp³-hybridized carbons (Fsp3) is 0.429. The van der Waals surface area contributed by atoms with E-state index in [-0.39, 0.29) is 17.7 Å². The molecule has 2 rings (SSSR count). The first-order chi connectivity index (χ1) is 9.58. The van der Waals surface area contributed by atoms with Gasteiger partial charge in [-0.2, -0.15) is 0 Å². The average Bonchev–Trinajstić information content (AvgIpc) is 3.30. The molecule has 20 heavy (non-hydrogen) atoms. The van der Waals surface area contributed by atoms with E-state index in [4.69, 9.17) is 15.7 Å². The number of para-hydroxylation sites is 1. The number of oxime groups is 1. The largest absolute Gasteiger partial charge is 0.495 e. The SMILES string of the molecule is COc1cccc(/C(N)=N/O)c1NC(=O)C(C)C1CC1. The summed E-state index contributed by atoms with van der Waals surface area (Å²) >= 11 is 0. The van der Waals surface area contributed by atoms with E-state index in [1.54, 1.807) is 18.2 Å². The van der Waals surface area contributed by atoms with Crippen molar-refractivity contribution in [1.29, 1.82) is 0 Å². The minimum absolute atomic E-state index is 0.0555. The fourth-order valence-electron chi connectivity index (χ4n) is 2.14. The van der Waals surface area contributed by atoms with Crippen LogP contribution in [0.15, 0.2) is 23.4 Å². The number of carbonyl (C=O) groups excluding carboxylic acids is 1. The Bertz CT molecular complexity index is 538. The number of carbonyl (C=O) groups is 1. The summed E-state index contributed by atoms with van der Waals surface area (Å²) in [7, 11) is 1.51. The summed E-state index contributed by atoms with van der Waals surface area (Å²) in [5, 5.41) is 14.6. The first kappa shape index (κ1) is 14.2. The number of ether oxygens (including phenoxy) is 1. The predicted molar refractivity (Wildman–Crippen MR) is 76.0 cm³/mol. The number of anilines is 1. The highest BCUT2D eigenvalue weighted by atomic mass is 16.5. The van der Waals surface area contributed by atoms with Gasteiger partial charge in [-0.05, 0) is 30.9 Å². The van der Waals surface area contributed by atoms with Crippen LogP contribution in [0.25, 0.3) is 0 Å². The number of methoxy groups -OCH3 is 1. The number of nitrogens with zero attached hydrogens (tertiary/aromatic N) is 1. The molecule has 0 aliphatic heterocycles. The van der Waals surface area contributed by atoms with Gasteiger partial charge in [0.25, 0.3) is 0 Å². The number of hydrogen-bond acceptors (Lipinski definition) is 4. The molecule has 1 aromatic carbocycles. The Morgan fingerprint density at radius 3 is 2.80 bits per heavy atom. The highest BCUT2D eigenvalue weighted by Gasteiger charge is 2.33. The molecular formula is C14H19N3O3. The van der Waals surface area contributed by atoms with Gasteiger partial charge in [-0.1, -0.05) is 18.1 Å². The molecule has 1 fully saturated rings. The third kappa shape index (κ3) is 2.84. The van der Waals surface area contributed by atoms with Crippen LogP contribution in [-0.4, -0.2) is 24.1 Å². The van der Waals surface area contributed by atoms with Gasteiger partial charge >= 0.3 is 0 Å². The summed E-state index contributed by atoms with van der Waals surface area (Å²) in [5.41, 5.74) is 6.50. The number of nitrogens with one attached hydrogen (secondary N) is 1. The molecule has 6 nitrogen and oxygen atoms in total. The van der Waals surface area contributed by atoms with E-state index in [1.165, 1.54) is 7.11 Å². The van der Waals surface area contributed by atoms with Crippen molar-refractivity contribution >= 4 is 17.4 Å². The quantitative estimate of drug-likeness (QED) is 0.331. The summed E-state index contributed by atoms with van der Waals surface area (Å²) in [6.45, 7) is 1.91. The van der Waals surface area contributed by atoms with Crippen molar-refractivity contribution in [2.24, 2.45) is 22.7 Å². The second-order valence-corrected chi connectivity index (χ2v) is 4.98. The van der Waals surface area contributed by atoms with Crippen molar-refractivity contribution in [3.8, 4) is 5.75 Å². The van der Waals surface area contributed by atoms with Crippen LogP contribution in [0.2, 0.25) is 0 Å². The lowest BCUT2D eigenvalue weighted by atomic mass is 10.0. The summed E-state index contributed by atoms with van der Waals surface area (Å²) in [4.78, 5) is 12.2. The van der Waals surface area contributed by atoms with Crippen LogP contribution in [0.1, 0.15) is 25.3 Å². The molecule has 1 amide bonds. The average molecular weight is 277 g/mol. The Morgan fingerprint density at radius 2 is 2.25 bits per heavy atom. The van der Waals surface area contributed by atoms with Crippen molar-refractivity contribution < 1.29 is 14.7 Å². The Labute approximate surface area is 117 Å². The van der Waals surface area contributed by atoms with Gasteiger partial charge in [0.05, 0.1) is 12.8 Å². The number of rotatable bonds is 5. The topological polar surface area (TPSA) is 96.9 Å². The molecule has 6 heteroatoms. The number of amides is 1. The first-order valence-electron chi connectivity index (χ1n) is 6.54. The van der Waals surface area contributed by atoms with E-state index in [0.29, 0.717) is 22.9 Å². The standard InChI is InChI=1S/C14H19N3O3/c1-8(9-6-7-9)14(18)16-12-10(13(15)17-19)4-3-5-11(12)20-2/h3-5,8-9,19H,6-7H2,1-2H3,(H2,15,17)(H,16,18). The lowest BCUT2D eigenvalue weighted by molar-refractivity contribution is -0.119. The molecule has 0 aromatic heterocycles. The summed E-state index contributed by atoms with van der Waals surface area (Å²) < 4.78 is 5.23. The summed E-state index contributed by atoms with van der Waals surface area (Å²) in [5.74, 6) is 0.727. The second kappa shape index (κ2) is 5.81. The molecule has 0 spiro atoms. The van der Waals surface area contributed by atoms with Gasteiger partial charge in [0.15, 0.2) is 5.84 Å². The lowest BCUT2D eigenvalue weighted by Gasteiger charge is -2.16. The monoisotopic (exact) mass is 277 g/mol. The molecule has 0 radical (unpaired) electrons. The van der Waals surface area contributed by atoms with E-state index >= 15 is 0 Å². The number of hydrogen-bond donors (Lipinski definition) is 3. The zero-order valence-corrected chi connectivity index (χ0v) is 11.6. The number of benzene rings is 1. The van der Waals surface area contributed by atoms with Crippen LogP contribution in [0.3, 0.4) is 0 Å². The smallest absolute Gasteiger partial charge is 0.227 e. The highest BCUT2D eigenvalue weighted by molar-refractivity contribution is 6.07. The number of amidine groups is 1. The zero-order valence-electron chi connectivity index (χ0n) is 11.6. The van der Waals surface area contributed by atoms with Gasteiger partial charge in [-0.15, -0.1) is 0 Å². The van der Waals surface area contributed by atoms with Crippen LogP contribution >= 0.6 is 0 Å². The van der Waals surface area contributed by atoms with E-state index in [0.717, 1.165) is 12.8 Å². The Hall–Kier alpha value is -2.24. The lowest BCUT2D eigenvalue weighted by Crippen LogP contribution is -2.25. The third-order valence-corrected chi connectivity index (χ3v) is 3.62. The molecule has 1 aliphatic carbocycles. The first-order valence-corrected chi connectivity index (χ1v) is 6.54. The van der Waals surface area contributed by atoms with Gasteiger partial charge in [0, 0.05) is 11.5 Å². The molecule has 0 heterocycles. The van der Waals surface area contributed by atoms with Crippen LogP contribution in [0.4, 0.5) is 5.69 Å².